The lowest BCUT2D eigenvalue weighted by Gasteiger charge is -2.42. The summed E-state index contributed by atoms with van der Waals surface area (Å²) in [6, 6.07) is 6.81. The van der Waals surface area contributed by atoms with Gasteiger partial charge < -0.3 is 29.9 Å². The fourth-order valence-electron chi connectivity index (χ4n) is 5.96. The number of nitrogens with zero attached hydrogens (tertiary/aromatic N) is 1. The molecule has 3 N–H and O–H groups in total. The van der Waals surface area contributed by atoms with E-state index in [1.165, 1.54) is 0 Å². The van der Waals surface area contributed by atoms with Gasteiger partial charge in [-0.2, -0.15) is 0 Å². The third-order valence-corrected chi connectivity index (χ3v) is 7.65. The van der Waals surface area contributed by atoms with Crippen molar-refractivity contribution >= 4 is 11.8 Å². The standard InChI is InChI=1S/C26H34N2O6/c29-12-11-27-25(31)19-14-20(23(30)24-22(19)18-9-3-4-10-21(18)34-24)28(15-17-8-5-13-33-17)26(32)16-6-1-2-7-16/h3-4,9-10,14,16-17,20,22-24,29-30H,1-2,5-8,11-13,15H2,(H,27,31)/t17-,20+,22-,23-,24-/m0/s1. The Morgan fingerprint density at radius 1 is 1.12 bits per heavy atom. The molecule has 1 saturated heterocycles. The van der Waals surface area contributed by atoms with Crippen LogP contribution in [0.4, 0.5) is 0 Å². The molecule has 2 aliphatic heterocycles. The highest BCUT2D eigenvalue weighted by atomic mass is 16.5. The van der Waals surface area contributed by atoms with Gasteiger partial charge in [0, 0.05) is 36.8 Å². The highest BCUT2D eigenvalue weighted by Gasteiger charge is 2.51. The third-order valence-electron chi connectivity index (χ3n) is 7.65. The van der Waals surface area contributed by atoms with E-state index in [2.05, 4.69) is 5.32 Å². The summed E-state index contributed by atoms with van der Waals surface area (Å²) in [5.74, 6) is -0.143. The maximum Gasteiger partial charge on any atom is 0.247 e. The number of fused-ring (bicyclic) bond motifs is 3. The van der Waals surface area contributed by atoms with Gasteiger partial charge in [-0.3, -0.25) is 9.59 Å². The number of para-hydroxylation sites is 1. The number of hydrogen-bond acceptors (Lipinski definition) is 6. The first kappa shape index (κ1) is 23.3. The Morgan fingerprint density at radius 2 is 1.91 bits per heavy atom. The minimum absolute atomic E-state index is 0.0253. The number of carbonyl (C=O) groups excluding carboxylic acids is 2. The van der Waals surface area contributed by atoms with E-state index >= 15 is 0 Å². The molecule has 8 nitrogen and oxygen atoms in total. The molecule has 0 radical (unpaired) electrons. The summed E-state index contributed by atoms with van der Waals surface area (Å²) in [6.07, 6.45) is 5.62. The summed E-state index contributed by atoms with van der Waals surface area (Å²) < 4.78 is 12.0. The van der Waals surface area contributed by atoms with Gasteiger partial charge in [-0.25, -0.2) is 0 Å². The van der Waals surface area contributed by atoms with Crippen molar-refractivity contribution in [1.29, 1.82) is 0 Å². The monoisotopic (exact) mass is 470 g/mol. The molecule has 8 heteroatoms. The molecule has 1 aromatic rings. The molecule has 2 aliphatic carbocycles. The number of carbonyl (C=O) groups is 2. The van der Waals surface area contributed by atoms with Gasteiger partial charge in [0.2, 0.25) is 11.8 Å². The van der Waals surface area contributed by atoms with Crippen molar-refractivity contribution in [3.05, 3.63) is 41.5 Å². The van der Waals surface area contributed by atoms with E-state index in [1.807, 2.05) is 24.3 Å². The fraction of sp³-hybridized carbons (Fsp3) is 0.615. The van der Waals surface area contributed by atoms with Crippen LogP contribution in [0.2, 0.25) is 0 Å². The van der Waals surface area contributed by atoms with Gasteiger partial charge in [0.05, 0.1) is 24.7 Å². The van der Waals surface area contributed by atoms with E-state index in [-0.39, 0.29) is 37.0 Å². The molecule has 2 fully saturated rings. The summed E-state index contributed by atoms with van der Waals surface area (Å²) in [7, 11) is 0. The van der Waals surface area contributed by atoms with Crippen LogP contribution in [-0.2, 0) is 14.3 Å². The molecule has 5 rings (SSSR count). The molecule has 184 valence electrons. The number of rotatable bonds is 7. The van der Waals surface area contributed by atoms with Crippen molar-refractivity contribution in [2.45, 2.75) is 68.8 Å². The van der Waals surface area contributed by atoms with Crippen LogP contribution in [0.15, 0.2) is 35.9 Å². The number of ether oxygens (including phenoxy) is 2. The topological polar surface area (TPSA) is 108 Å². The summed E-state index contributed by atoms with van der Waals surface area (Å²) in [5, 5.41) is 23.5. The van der Waals surface area contributed by atoms with Crippen molar-refractivity contribution in [2.75, 3.05) is 26.3 Å². The van der Waals surface area contributed by atoms with Crippen LogP contribution in [-0.4, -0.2) is 77.6 Å². The minimum atomic E-state index is -0.987. The summed E-state index contributed by atoms with van der Waals surface area (Å²) >= 11 is 0. The molecule has 2 heterocycles. The van der Waals surface area contributed by atoms with E-state index in [1.54, 1.807) is 11.0 Å². The van der Waals surface area contributed by atoms with Crippen LogP contribution >= 0.6 is 0 Å². The van der Waals surface area contributed by atoms with E-state index < -0.39 is 24.2 Å². The molecule has 1 saturated carbocycles. The smallest absolute Gasteiger partial charge is 0.247 e. The normalized spacial score (nSPS) is 30.3. The Hall–Kier alpha value is -2.42. The zero-order valence-corrected chi connectivity index (χ0v) is 19.4. The first-order valence-corrected chi connectivity index (χ1v) is 12.5. The van der Waals surface area contributed by atoms with Crippen molar-refractivity contribution in [3.8, 4) is 5.75 Å². The van der Waals surface area contributed by atoms with Crippen molar-refractivity contribution in [1.82, 2.24) is 10.2 Å². The van der Waals surface area contributed by atoms with Crippen molar-refractivity contribution < 1.29 is 29.3 Å². The maximum atomic E-state index is 13.7. The second-order valence-corrected chi connectivity index (χ2v) is 9.79. The van der Waals surface area contributed by atoms with E-state index in [4.69, 9.17) is 9.47 Å². The van der Waals surface area contributed by atoms with Gasteiger partial charge in [-0.15, -0.1) is 0 Å². The van der Waals surface area contributed by atoms with E-state index in [9.17, 15) is 19.8 Å². The van der Waals surface area contributed by atoms with Gasteiger partial charge in [-0.1, -0.05) is 31.0 Å². The molecule has 2 amide bonds. The molecule has 5 atom stereocenters. The Kier molecular flexibility index (Phi) is 6.90. The number of amides is 2. The Morgan fingerprint density at radius 3 is 2.65 bits per heavy atom. The number of aliphatic hydroxyl groups excluding tert-OH is 2. The fourth-order valence-corrected chi connectivity index (χ4v) is 5.96. The lowest BCUT2D eigenvalue weighted by Crippen LogP contribution is -2.58. The van der Waals surface area contributed by atoms with Gasteiger partial charge in [-0.05, 0) is 37.8 Å². The quantitative estimate of drug-likeness (QED) is 0.558. The minimum Gasteiger partial charge on any atom is -0.486 e. The van der Waals surface area contributed by atoms with Crippen LogP contribution < -0.4 is 10.1 Å². The first-order valence-electron chi connectivity index (χ1n) is 12.5. The summed E-state index contributed by atoms with van der Waals surface area (Å²) in [5.41, 5.74) is 1.32. The van der Waals surface area contributed by atoms with Gasteiger partial charge in [0.15, 0.2) is 0 Å². The molecule has 4 aliphatic rings. The van der Waals surface area contributed by atoms with E-state index in [0.717, 1.165) is 44.1 Å². The average molecular weight is 471 g/mol. The van der Waals surface area contributed by atoms with Gasteiger partial charge >= 0.3 is 0 Å². The van der Waals surface area contributed by atoms with Gasteiger partial charge in [0.1, 0.15) is 18.0 Å². The summed E-state index contributed by atoms with van der Waals surface area (Å²) in [6.45, 7) is 1.03. The lowest BCUT2D eigenvalue weighted by atomic mass is 9.77. The Bertz CT molecular complexity index is 937. The van der Waals surface area contributed by atoms with Crippen molar-refractivity contribution in [3.63, 3.8) is 0 Å². The van der Waals surface area contributed by atoms with Crippen LogP contribution in [0.3, 0.4) is 0 Å². The number of benzene rings is 1. The molecular formula is C26H34N2O6. The molecule has 0 bridgehead atoms. The molecule has 0 spiro atoms. The molecule has 0 unspecified atom stereocenters. The van der Waals surface area contributed by atoms with Gasteiger partial charge in [0.25, 0.3) is 0 Å². The average Bonchev–Trinajstić information content (AvgIpc) is 3.62. The third kappa shape index (κ3) is 4.34. The number of aliphatic hydroxyl groups is 2. The second kappa shape index (κ2) is 10.1. The summed E-state index contributed by atoms with van der Waals surface area (Å²) in [4.78, 5) is 28.6. The highest BCUT2D eigenvalue weighted by Crippen LogP contribution is 2.47. The predicted molar refractivity (Wildman–Crippen MR) is 124 cm³/mol. The zero-order valence-electron chi connectivity index (χ0n) is 19.4. The second-order valence-electron chi connectivity index (χ2n) is 9.79. The molecule has 0 aromatic heterocycles. The lowest BCUT2D eigenvalue weighted by molar-refractivity contribution is -0.143. The number of hydrogen-bond donors (Lipinski definition) is 3. The largest absolute Gasteiger partial charge is 0.486 e. The van der Waals surface area contributed by atoms with Crippen LogP contribution in [0, 0.1) is 5.92 Å². The van der Waals surface area contributed by atoms with Crippen LogP contribution in [0.1, 0.15) is 50.0 Å². The van der Waals surface area contributed by atoms with Crippen LogP contribution in [0.5, 0.6) is 5.75 Å². The van der Waals surface area contributed by atoms with E-state index in [0.29, 0.717) is 24.5 Å². The Labute approximate surface area is 199 Å². The molecule has 1 aromatic carbocycles. The Balaban J connectivity index is 1.51. The molecular weight excluding hydrogens is 436 g/mol. The molecule has 34 heavy (non-hydrogen) atoms. The SMILES string of the molecule is O=C(NCCO)C1=C[C@@H](N(C[C@@H]2CCCO2)C(=O)C2CCCC2)[C@H](O)[C@H]2Oc3ccccc3[C@@H]12. The zero-order chi connectivity index (χ0) is 23.7. The van der Waals surface area contributed by atoms with Crippen LogP contribution in [0.25, 0.3) is 0 Å². The highest BCUT2D eigenvalue weighted by molar-refractivity contribution is 5.96. The maximum absolute atomic E-state index is 13.7. The number of nitrogens with one attached hydrogen (secondary N) is 1. The van der Waals surface area contributed by atoms with Crippen molar-refractivity contribution in [2.24, 2.45) is 5.92 Å². The first-order chi connectivity index (χ1) is 16.6. The predicted octanol–water partition coefficient (Wildman–Crippen LogP) is 1.51.